The fourth-order valence-electron chi connectivity index (χ4n) is 3.16. The van der Waals surface area contributed by atoms with Crippen LogP contribution < -0.4 is 19.1 Å². The highest BCUT2D eigenvalue weighted by atomic mass is 35.5. The number of anilines is 1. The van der Waals surface area contributed by atoms with Crippen molar-refractivity contribution < 1.29 is 22.7 Å². The number of sulfonamides is 1. The molecular weight excluding hydrogens is 464 g/mol. The molecule has 1 N–H and O–H groups in total. The summed E-state index contributed by atoms with van der Waals surface area (Å²) in [5, 5.41) is 3.12. The lowest BCUT2D eigenvalue weighted by atomic mass is 10.2. The fraction of sp³-hybridized carbons (Fsp3) is 0.208. The van der Waals surface area contributed by atoms with E-state index in [0.717, 1.165) is 15.4 Å². The van der Waals surface area contributed by atoms with E-state index in [9.17, 15) is 13.2 Å². The molecule has 9 heteroatoms. The average Bonchev–Trinajstić information content (AvgIpc) is 2.81. The molecule has 0 saturated heterocycles. The van der Waals surface area contributed by atoms with Crippen LogP contribution >= 0.6 is 11.6 Å². The van der Waals surface area contributed by atoms with E-state index in [4.69, 9.17) is 21.1 Å². The normalized spacial score (nSPS) is 11.0. The smallest absolute Gasteiger partial charge is 0.264 e. The minimum absolute atomic E-state index is 0.0840. The molecule has 0 unspecified atom stereocenters. The topological polar surface area (TPSA) is 84.9 Å². The van der Waals surface area contributed by atoms with Crippen molar-refractivity contribution in [2.75, 3.05) is 25.1 Å². The van der Waals surface area contributed by atoms with E-state index in [1.807, 2.05) is 6.92 Å². The zero-order valence-electron chi connectivity index (χ0n) is 18.5. The van der Waals surface area contributed by atoms with Crippen LogP contribution in [0.25, 0.3) is 0 Å². The van der Waals surface area contributed by atoms with E-state index in [2.05, 4.69) is 5.32 Å². The van der Waals surface area contributed by atoms with Crippen LogP contribution in [0.2, 0.25) is 5.02 Å². The van der Waals surface area contributed by atoms with Gasteiger partial charge in [-0.05, 0) is 55.0 Å². The molecule has 7 nitrogen and oxygen atoms in total. The maximum atomic E-state index is 13.4. The summed E-state index contributed by atoms with van der Waals surface area (Å²) < 4.78 is 38.3. The molecule has 0 fully saturated rings. The first kappa shape index (κ1) is 24.4. The standard InChI is InChI=1S/C24H25ClN2O5S/c1-17-7-10-21(11-8-17)33(29,30)27(20-6-4-5-19(25)14-20)16-24(28)26-15-18-9-12-22(31-2)23(13-18)32-3/h4-14H,15-16H2,1-3H3,(H,26,28). The molecule has 0 aromatic heterocycles. The monoisotopic (exact) mass is 488 g/mol. The Bertz CT molecular complexity index is 1230. The number of ether oxygens (including phenoxy) is 2. The Balaban J connectivity index is 1.83. The molecule has 0 heterocycles. The molecule has 0 spiro atoms. The van der Waals surface area contributed by atoms with Gasteiger partial charge in [0.05, 0.1) is 24.8 Å². The van der Waals surface area contributed by atoms with Gasteiger partial charge in [-0.3, -0.25) is 9.10 Å². The first-order chi connectivity index (χ1) is 15.7. The summed E-state index contributed by atoms with van der Waals surface area (Å²) in [6, 6.07) is 18.1. The summed E-state index contributed by atoms with van der Waals surface area (Å²) in [6.45, 7) is 1.64. The van der Waals surface area contributed by atoms with Crippen LogP contribution in [0.1, 0.15) is 11.1 Å². The predicted octanol–water partition coefficient (Wildman–Crippen LogP) is 4.18. The molecule has 0 aliphatic rings. The van der Waals surface area contributed by atoms with Crippen molar-refractivity contribution in [1.29, 1.82) is 0 Å². The van der Waals surface area contributed by atoms with Crippen molar-refractivity contribution in [2.45, 2.75) is 18.4 Å². The first-order valence-corrected chi connectivity index (χ1v) is 11.9. The average molecular weight is 489 g/mol. The van der Waals surface area contributed by atoms with Gasteiger partial charge in [0.1, 0.15) is 6.54 Å². The maximum absolute atomic E-state index is 13.4. The van der Waals surface area contributed by atoms with Gasteiger partial charge < -0.3 is 14.8 Å². The van der Waals surface area contributed by atoms with Crippen LogP contribution in [-0.2, 0) is 21.4 Å². The number of carbonyl (C=O) groups excluding carboxylic acids is 1. The van der Waals surface area contributed by atoms with Crippen molar-refractivity contribution >= 4 is 33.2 Å². The van der Waals surface area contributed by atoms with E-state index in [-0.39, 0.29) is 11.4 Å². The van der Waals surface area contributed by atoms with E-state index < -0.39 is 22.5 Å². The number of carbonyl (C=O) groups is 1. The largest absolute Gasteiger partial charge is 0.493 e. The number of amides is 1. The van der Waals surface area contributed by atoms with Crippen LogP contribution in [0.5, 0.6) is 11.5 Å². The molecule has 0 bridgehead atoms. The molecule has 174 valence electrons. The summed E-state index contributed by atoms with van der Waals surface area (Å²) in [6.07, 6.45) is 0. The summed E-state index contributed by atoms with van der Waals surface area (Å²) >= 11 is 6.09. The Hall–Kier alpha value is -3.23. The molecular formula is C24H25ClN2O5S. The Morgan fingerprint density at radius 2 is 1.67 bits per heavy atom. The Morgan fingerprint density at radius 1 is 0.970 bits per heavy atom. The second-order valence-electron chi connectivity index (χ2n) is 7.27. The highest BCUT2D eigenvalue weighted by molar-refractivity contribution is 7.92. The van der Waals surface area contributed by atoms with Gasteiger partial charge in [-0.15, -0.1) is 0 Å². The number of hydrogen-bond donors (Lipinski definition) is 1. The Morgan fingerprint density at radius 3 is 2.30 bits per heavy atom. The van der Waals surface area contributed by atoms with Crippen molar-refractivity contribution in [2.24, 2.45) is 0 Å². The maximum Gasteiger partial charge on any atom is 0.264 e. The van der Waals surface area contributed by atoms with Crippen LogP contribution in [-0.4, -0.2) is 35.1 Å². The summed E-state index contributed by atoms with van der Waals surface area (Å²) in [5.74, 6) is 0.635. The summed E-state index contributed by atoms with van der Waals surface area (Å²) in [7, 11) is -0.941. The number of rotatable bonds is 9. The molecule has 3 rings (SSSR count). The number of nitrogens with zero attached hydrogens (tertiary/aromatic N) is 1. The molecule has 0 saturated carbocycles. The molecule has 1 amide bonds. The lowest BCUT2D eigenvalue weighted by Crippen LogP contribution is -2.40. The van der Waals surface area contributed by atoms with Crippen molar-refractivity contribution in [3.05, 3.63) is 82.9 Å². The highest BCUT2D eigenvalue weighted by Crippen LogP contribution is 2.28. The highest BCUT2D eigenvalue weighted by Gasteiger charge is 2.27. The van der Waals surface area contributed by atoms with Crippen LogP contribution in [0.3, 0.4) is 0 Å². The fourth-order valence-corrected chi connectivity index (χ4v) is 4.76. The minimum atomic E-state index is -4.01. The van der Waals surface area contributed by atoms with Gasteiger partial charge in [0.25, 0.3) is 10.0 Å². The number of nitrogens with one attached hydrogen (secondary N) is 1. The molecule has 0 radical (unpaired) electrons. The third-order valence-electron chi connectivity index (χ3n) is 4.93. The zero-order chi connectivity index (χ0) is 24.0. The van der Waals surface area contributed by atoms with Gasteiger partial charge in [-0.2, -0.15) is 0 Å². The van der Waals surface area contributed by atoms with Crippen LogP contribution in [0.15, 0.2) is 71.6 Å². The number of aryl methyl sites for hydroxylation is 1. The van der Waals surface area contributed by atoms with Gasteiger partial charge in [-0.25, -0.2) is 8.42 Å². The van der Waals surface area contributed by atoms with E-state index in [1.54, 1.807) is 48.5 Å². The van der Waals surface area contributed by atoms with Gasteiger partial charge in [0.2, 0.25) is 5.91 Å². The van der Waals surface area contributed by atoms with Gasteiger partial charge in [0, 0.05) is 11.6 Å². The lowest BCUT2D eigenvalue weighted by molar-refractivity contribution is -0.119. The van der Waals surface area contributed by atoms with E-state index in [1.165, 1.54) is 32.4 Å². The molecule has 0 aliphatic carbocycles. The number of benzene rings is 3. The van der Waals surface area contributed by atoms with Crippen molar-refractivity contribution in [3.63, 3.8) is 0 Å². The Labute approximate surface area is 198 Å². The lowest BCUT2D eigenvalue weighted by Gasteiger charge is -2.24. The quantitative estimate of drug-likeness (QED) is 0.488. The Kier molecular flexibility index (Phi) is 7.84. The SMILES string of the molecule is COc1ccc(CNC(=O)CN(c2cccc(Cl)c2)S(=O)(=O)c2ccc(C)cc2)cc1OC. The van der Waals surface area contributed by atoms with Gasteiger partial charge in [-0.1, -0.05) is 41.4 Å². The molecule has 0 atom stereocenters. The predicted molar refractivity (Wildman–Crippen MR) is 129 cm³/mol. The first-order valence-electron chi connectivity index (χ1n) is 10.1. The van der Waals surface area contributed by atoms with E-state index in [0.29, 0.717) is 22.2 Å². The number of halogens is 1. The van der Waals surface area contributed by atoms with Gasteiger partial charge >= 0.3 is 0 Å². The third kappa shape index (κ3) is 5.97. The van der Waals surface area contributed by atoms with Crippen molar-refractivity contribution in [3.8, 4) is 11.5 Å². The van der Waals surface area contributed by atoms with Crippen LogP contribution in [0.4, 0.5) is 5.69 Å². The van der Waals surface area contributed by atoms with Gasteiger partial charge in [0.15, 0.2) is 11.5 Å². The number of hydrogen-bond acceptors (Lipinski definition) is 5. The zero-order valence-corrected chi connectivity index (χ0v) is 20.1. The third-order valence-corrected chi connectivity index (χ3v) is 6.95. The second-order valence-corrected chi connectivity index (χ2v) is 9.57. The summed E-state index contributed by atoms with van der Waals surface area (Å²) in [4.78, 5) is 12.9. The summed E-state index contributed by atoms with van der Waals surface area (Å²) in [5.41, 5.74) is 2.00. The molecule has 3 aromatic rings. The van der Waals surface area contributed by atoms with E-state index >= 15 is 0 Å². The second kappa shape index (κ2) is 10.6. The van der Waals surface area contributed by atoms with Crippen molar-refractivity contribution in [1.82, 2.24) is 5.32 Å². The number of methoxy groups -OCH3 is 2. The molecule has 33 heavy (non-hydrogen) atoms. The molecule has 3 aromatic carbocycles. The molecule has 0 aliphatic heterocycles. The minimum Gasteiger partial charge on any atom is -0.493 e. The van der Waals surface area contributed by atoms with Crippen LogP contribution in [0, 0.1) is 6.92 Å².